The van der Waals surface area contributed by atoms with Gasteiger partial charge in [0.2, 0.25) is 0 Å². The van der Waals surface area contributed by atoms with Gasteiger partial charge in [-0.2, -0.15) is 0 Å². The van der Waals surface area contributed by atoms with Crippen molar-refractivity contribution in [2.75, 3.05) is 20.3 Å². The lowest BCUT2D eigenvalue weighted by molar-refractivity contribution is -0.0479. The Balaban J connectivity index is 2.45. The van der Waals surface area contributed by atoms with Crippen molar-refractivity contribution in [2.24, 2.45) is 0 Å². The maximum Gasteiger partial charge on any atom is 0.190 e. The lowest BCUT2D eigenvalue weighted by Crippen LogP contribution is -2.05. The molecule has 0 atom stereocenters. The molecular weight excluding hydrogens is 267 g/mol. The first-order chi connectivity index (χ1) is 7.24. The molecular formula is C10H10BrFO3. The van der Waals surface area contributed by atoms with E-state index in [1.54, 1.807) is 12.1 Å². The molecule has 0 aromatic heterocycles. The van der Waals surface area contributed by atoms with Crippen LogP contribution >= 0.6 is 15.9 Å². The maximum atomic E-state index is 13.8. The van der Waals surface area contributed by atoms with Gasteiger partial charge in [0.15, 0.2) is 6.29 Å². The van der Waals surface area contributed by atoms with E-state index in [0.717, 1.165) is 0 Å². The van der Waals surface area contributed by atoms with Crippen LogP contribution in [0.4, 0.5) is 4.39 Å². The number of hydrogen-bond donors (Lipinski definition) is 0. The van der Waals surface area contributed by atoms with Crippen LogP contribution in [0.5, 0.6) is 5.75 Å². The number of ether oxygens (including phenoxy) is 3. The molecule has 5 heteroatoms. The average Bonchev–Trinajstić information content (AvgIpc) is 2.75. The summed E-state index contributed by atoms with van der Waals surface area (Å²) in [6.45, 7) is 0.944. The lowest BCUT2D eigenvalue weighted by Gasteiger charge is -2.15. The van der Waals surface area contributed by atoms with E-state index in [9.17, 15) is 4.39 Å². The van der Waals surface area contributed by atoms with Gasteiger partial charge in [0.25, 0.3) is 0 Å². The van der Waals surface area contributed by atoms with E-state index in [2.05, 4.69) is 15.9 Å². The third-order valence-corrected chi connectivity index (χ3v) is 2.78. The van der Waals surface area contributed by atoms with Crippen molar-refractivity contribution in [1.29, 1.82) is 0 Å². The molecule has 1 fully saturated rings. The third-order valence-electron chi connectivity index (χ3n) is 2.17. The van der Waals surface area contributed by atoms with Gasteiger partial charge in [-0.1, -0.05) is 0 Å². The summed E-state index contributed by atoms with van der Waals surface area (Å²) in [5, 5.41) is 0. The molecule has 3 nitrogen and oxygen atoms in total. The third kappa shape index (κ3) is 2.00. The highest BCUT2D eigenvalue weighted by Gasteiger charge is 2.26. The summed E-state index contributed by atoms with van der Waals surface area (Å²) >= 11 is 3.11. The molecule has 0 aliphatic carbocycles. The minimum absolute atomic E-state index is 0.310. The van der Waals surface area contributed by atoms with Crippen LogP contribution in [-0.2, 0) is 9.47 Å². The highest BCUT2D eigenvalue weighted by molar-refractivity contribution is 9.10. The molecule has 82 valence electrons. The second-order valence-electron chi connectivity index (χ2n) is 3.05. The Kier molecular flexibility index (Phi) is 3.23. The zero-order valence-electron chi connectivity index (χ0n) is 8.13. The van der Waals surface area contributed by atoms with Crippen LogP contribution in [0.2, 0.25) is 0 Å². The van der Waals surface area contributed by atoms with Crippen molar-refractivity contribution in [3.63, 3.8) is 0 Å². The first-order valence-electron chi connectivity index (χ1n) is 4.49. The van der Waals surface area contributed by atoms with E-state index in [1.807, 2.05) is 0 Å². The van der Waals surface area contributed by atoms with E-state index in [-0.39, 0.29) is 0 Å². The van der Waals surface area contributed by atoms with E-state index in [1.165, 1.54) is 7.11 Å². The molecule has 0 bridgehead atoms. The minimum Gasteiger partial charge on any atom is -0.496 e. The van der Waals surface area contributed by atoms with Crippen LogP contribution in [0.15, 0.2) is 16.6 Å². The lowest BCUT2D eigenvalue weighted by atomic mass is 10.2. The number of benzene rings is 1. The van der Waals surface area contributed by atoms with E-state index < -0.39 is 12.1 Å². The summed E-state index contributed by atoms with van der Waals surface area (Å²) in [6.07, 6.45) is -0.669. The average molecular weight is 277 g/mol. The van der Waals surface area contributed by atoms with Gasteiger partial charge in [0.1, 0.15) is 11.6 Å². The zero-order valence-corrected chi connectivity index (χ0v) is 9.71. The molecule has 0 spiro atoms. The largest absolute Gasteiger partial charge is 0.496 e. The fourth-order valence-corrected chi connectivity index (χ4v) is 1.82. The molecule has 0 saturated carbocycles. The van der Waals surface area contributed by atoms with Crippen LogP contribution in [0, 0.1) is 5.82 Å². The summed E-state index contributed by atoms with van der Waals surface area (Å²) in [6, 6.07) is 3.26. The molecule has 2 rings (SSSR count). The van der Waals surface area contributed by atoms with Crippen molar-refractivity contribution in [3.05, 3.63) is 28.0 Å². The van der Waals surface area contributed by atoms with Gasteiger partial charge in [-0.25, -0.2) is 4.39 Å². The number of halogens is 2. The zero-order chi connectivity index (χ0) is 10.8. The van der Waals surface area contributed by atoms with E-state index >= 15 is 0 Å². The SMILES string of the molecule is COc1ccc(Br)c(F)c1C1OCCO1. The second-order valence-corrected chi connectivity index (χ2v) is 3.91. The summed E-state index contributed by atoms with van der Waals surface area (Å²) in [7, 11) is 1.49. The molecule has 1 aliphatic rings. The normalized spacial score (nSPS) is 17.0. The Bertz CT molecular complexity index is 364. The standard InChI is InChI=1S/C10H10BrFO3/c1-13-7-3-2-6(11)9(12)8(7)10-14-4-5-15-10/h2-3,10H,4-5H2,1H3. The second kappa shape index (κ2) is 4.47. The molecule has 1 aromatic rings. The van der Waals surface area contributed by atoms with Crippen LogP contribution in [-0.4, -0.2) is 20.3 Å². The van der Waals surface area contributed by atoms with Gasteiger partial charge in [0.05, 0.1) is 30.4 Å². The van der Waals surface area contributed by atoms with Crippen molar-refractivity contribution in [1.82, 2.24) is 0 Å². The Morgan fingerprint density at radius 1 is 1.40 bits per heavy atom. The summed E-state index contributed by atoms with van der Waals surface area (Å²) in [5.41, 5.74) is 0.310. The molecule has 0 radical (unpaired) electrons. The highest BCUT2D eigenvalue weighted by Crippen LogP contribution is 2.36. The van der Waals surface area contributed by atoms with Gasteiger partial charge in [0, 0.05) is 0 Å². The first-order valence-corrected chi connectivity index (χ1v) is 5.28. The van der Waals surface area contributed by atoms with Crippen LogP contribution in [0.3, 0.4) is 0 Å². The monoisotopic (exact) mass is 276 g/mol. The minimum atomic E-state index is -0.669. The van der Waals surface area contributed by atoms with Crippen LogP contribution in [0.25, 0.3) is 0 Å². The van der Waals surface area contributed by atoms with Gasteiger partial charge in [-0.05, 0) is 28.1 Å². The van der Waals surface area contributed by atoms with Crippen molar-refractivity contribution in [2.45, 2.75) is 6.29 Å². The number of rotatable bonds is 2. The maximum absolute atomic E-state index is 13.8. The quantitative estimate of drug-likeness (QED) is 0.831. The molecule has 1 aromatic carbocycles. The van der Waals surface area contributed by atoms with Crippen molar-refractivity contribution < 1.29 is 18.6 Å². The van der Waals surface area contributed by atoms with Crippen molar-refractivity contribution >= 4 is 15.9 Å². The molecule has 0 unspecified atom stereocenters. The topological polar surface area (TPSA) is 27.7 Å². The smallest absolute Gasteiger partial charge is 0.190 e. The predicted octanol–water partition coefficient (Wildman–Crippen LogP) is 2.64. The number of hydrogen-bond acceptors (Lipinski definition) is 3. The van der Waals surface area contributed by atoms with Crippen LogP contribution < -0.4 is 4.74 Å². The Labute approximate surface area is 95.3 Å². The van der Waals surface area contributed by atoms with Gasteiger partial charge in [-0.15, -0.1) is 0 Å². The summed E-state index contributed by atoms with van der Waals surface area (Å²) in [5.74, 6) is 0.0313. The Morgan fingerprint density at radius 3 is 2.67 bits per heavy atom. The fourth-order valence-electron chi connectivity index (χ4n) is 1.47. The van der Waals surface area contributed by atoms with E-state index in [4.69, 9.17) is 14.2 Å². The molecule has 0 N–H and O–H groups in total. The van der Waals surface area contributed by atoms with Crippen LogP contribution in [0.1, 0.15) is 11.9 Å². The molecule has 1 heterocycles. The molecule has 1 saturated heterocycles. The van der Waals surface area contributed by atoms with E-state index in [0.29, 0.717) is 29.0 Å². The Morgan fingerprint density at radius 2 is 2.07 bits per heavy atom. The predicted molar refractivity (Wildman–Crippen MR) is 55.3 cm³/mol. The van der Waals surface area contributed by atoms with Gasteiger partial charge >= 0.3 is 0 Å². The highest BCUT2D eigenvalue weighted by atomic mass is 79.9. The molecule has 1 aliphatic heterocycles. The molecule has 15 heavy (non-hydrogen) atoms. The van der Waals surface area contributed by atoms with Gasteiger partial charge in [-0.3, -0.25) is 0 Å². The molecule has 0 amide bonds. The Hall–Kier alpha value is -0.650. The fraction of sp³-hybridized carbons (Fsp3) is 0.400. The first kappa shape index (κ1) is 10.9. The number of methoxy groups -OCH3 is 1. The van der Waals surface area contributed by atoms with Crippen molar-refractivity contribution in [3.8, 4) is 5.75 Å². The summed E-state index contributed by atoms with van der Waals surface area (Å²) < 4.78 is 29.8. The van der Waals surface area contributed by atoms with Gasteiger partial charge < -0.3 is 14.2 Å². The summed E-state index contributed by atoms with van der Waals surface area (Å²) in [4.78, 5) is 0.